The molecule has 5 rings (SSSR count). The van der Waals surface area contributed by atoms with Crippen molar-refractivity contribution in [3.63, 3.8) is 0 Å². The van der Waals surface area contributed by atoms with E-state index >= 15 is 0 Å². The first kappa shape index (κ1) is 18.7. The predicted octanol–water partition coefficient (Wildman–Crippen LogP) is 5.78. The van der Waals surface area contributed by atoms with Gasteiger partial charge in [-0.15, -0.1) is 0 Å². The first-order valence-corrected chi connectivity index (χ1v) is 11.0. The third-order valence-electron chi connectivity index (χ3n) is 6.27. The Hall–Kier alpha value is -3.26. The van der Waals surface area contributed by atoms with Crippen LogP contribution in [0.5, 0.6) is 0 Å². The minimum Gasteiger partial charge on any atom is -0.205 e. The lowest BCUT2D eigenvalue weighted by Gasteiger charge is -2.05. The Bertz CT molecular complexity index is 1080. The van der Waals surface area contributed by atoms with Crippen molar-refractivity contribution in [2.24, 2.45) is 5.92 Å². The molecule has 2 aromatic heterocycles. The zero-order valence-corrected chi connectivity index (χ0v) is 17.3. The highest BCUT2D eigenvalue weighted by atomic mass is 14.9. The van der Waals surface area contributed by atoms with Crippen molar-refractivity contribution < 1.29 is 9.13 Å². The summed E-state index contributed by atoms with van der Waals surface area (Å²) in [5.74, 6) is 0.866. The largest absolute Gasteiger partial charge is 0.210 e. The Morgan fingerprint density at radius 3 is 1.73 bits per heavy atom. The van der Waals surface area contributed by atoms with E-state index in [0.717, 1.165) is 12.5 Å². The molecule has 0 amide bonds. The standard InChI is InChI=1S/C28H28N2/c1-2-8-24(9-3-1)25-10-12-28(13-11-25)30-20-16-27(17-21-30)26-14-18-29(19-15-26)22-23-6-4-5-7-23/h1-3,8-21,23H,4-7,22H2/q+2. The van der Waals surface area contributed by atoms with Gasteiger partial charge >= 0.3 is 0 Å². The van der Waals surface area contributed by atoms with Gasteiger partial charge in [0.2, 0.25) is 5.69 Å². The van der Waals surface area contributed by atoms with Crippen LogP contribution in [0.4, 0.5) is 0 Å². The van der Waals surface area contributed by atoms with Gasteiger partial charge in [0.25, 0.3) is 0 Å². The number of nitrogens with zero attached hydrogens (tertiary/aromatic N) is 2. The fourth-order valence-corrected chi connectivity index (χ4v) is 4.51. The summed E-state index contributed by atoms with van der Waals surface area (Å²) in [7, 11) is 0. The van der Waals surface area contributed by atoms with Crippen molar-refractivity contribution in [1.29, 1.82) is 0 Å². The molecule has 0 radical (unpaired) electrons. The van der Waals surface area contributed by atoms with Crippen LogP contribution in [-0.2, 0) is 6.54 Å². The minimum absolute atomic E-state index is 0.866. The molecule has 2 aromatic carbocycles. The van der Waals surface area contributed by atoms with Crippen LogP contribution in [0.3, 0.4) is 0 Å². The van der Waals surface area contributed by atoms with Gasteiger partial charge < -0.3 is 0 Å². The van der Waals surface area contributed by atoms with Crippen LogP contribution in [0.1, 0.15) is 25.7 Å². The molecule has 1 aliphatic carbocycles. The van der Waals surface area contributed by atoms with Crippen LogP contribution in [-0.4, -0.2) is 0 Å². The zero-order chi connectivity index (χ0) is 20.2. The lowest BCUT2D eigenvalue weighted by molar-refractivity contribution is -0.703. The topological polar surface area (TPSA) is 7.76 Å². The molecule has 0 bridgehead atoms. The van der Waals surface area contributed by atoms with Crippen LogP contribution in [0, 0.1) is 5.92 Å². The average Bonchev–Trinajstić information content (AvgIpc) is 3.34. The van der Waals surface area contributed by atoms with Crippen LogP contribution >= 0.6 is 0 Å². The summed E-state index contributed by atoms with van der Waals surface area (Å²) in [4.78, 5) is 0. The lowest BCUT2D eigenvalue weighted by Crippen LogP contribution is -2.35. The number of aromatic nitrogens is 2. The van der Waals surface area contributed by atoms with Gasteiger partial charge in [0, 0.05) is 42.3 Å². The molecule has 2 heterocycles. The Balaban J connectivity index is 1.29. The smallest absolute Gasteiger partial charge is 0.205 e. The summed E-state index contributed by atoms with van der Waals surface area (Å²) in [6, 6.07) is 28.1. The lowest BCUT2D eigenvalue weighted by atomic mass is 10.1. The highest BCUT2D eigenvalue weighted by molar-refractivity contribution is 5.64. The second-order valence-corrected chi connectivity index (χ2v) is 8.34. The maximum Gasteiger partial charge on any atom is 0.210 e. The van der Waals surface area contributed by atoms with E-state index in [2.05, 4.69) is 113 Å². The third kappa shape index (κ3) is 4.18. The van der Waals surface area contributed by atoms with Gasteiger partial charge in [-0.3, -0.25) is 0 Å². The molecule has 30 heavy (non-hydrogen) atoms. The summed E-state index contributed by atoms with van der Waals surface area (Å²) in [5, 5.41) is 0. The van der Waals surface area contributed by atoms with Crippen molar-refractivity contribution in [3.8, 4) is 27.9 Å². The summed E-state index contributed by atoms with van der Waals surface area (Å²) >= 11 is 0. The maximum absolute atomic E-state index is 2.34. The molecule has 0 spiro atoms. The highest BCUT2D eigenvalue weighted by Gasteiger charge is 2.19. The monoisotopic (exact) mass is 392 g/mol. The Labute approximate surface area is 179 Å². The second kappa shape index (κ2) is 8.62. The second-order valence-electron chi connectivity index (χ2n) is 8.34. The van der Waals surface area contributed by atoms with Gasteiger partial charge in [-0.05, 0) is 47.2 Å². The fourth-order valence-electron chi connectivity index (χ4n) is 4.51. The van der Waals surface area contributed by atoms with E-state index < -0.39 is 0 Å². The number of rotatable bonds is 5. The van der Waals surface area contributed by atoms with Crippen molar-refractivity contribution in [2.75, 3.05) is 0 Å². The van der Waals surface area contributed by atoms with E-state index in [1.54, 1.807) is 0 Å². The van der Waals surface area contributed by atoms with E-state index in [0.29, 0.717) is 0 Å². The van der Waals surface area contributed by atoms with Gasteiger partial charge in [-0.2, -0.15) is 4.57 Å². The first-order chi connectivity index (χ1) is 14.8. The zero-order valence-electron chi connectivity index (χ0n) is 17.3. The summed E-state index contributed by atoms with van der Waals surface area (Å²) in [6.45, 7) is 1.16. The molecule has 0 N–H and O–H groups in total. The van der Waals surface area contributed by atoms with Crippen molar-refractivity contribution in [3.05, 3.63) is 104 Å². The fraction of sp³-hybridized carbons (Fsp3) is 0.214. The minimum atomic E-state index is 0.866. The maximum atomic E-state index is 2.34. The molecular weight excluding hydrogens is 364 g/mol. The van der Waals surface area contributed by atoms with Crippen LogP contribution in [0.2, 0.25) is 0 Å². The molecule has 4 aromatic rings. The van der Waals surface area contributed by atoms with Crippen molar-refractivity contribution in [1.82, 2.24) is 0 Å². The van der Waals surface area contributed by atoms with Crippen molar-refractivity contribution >= 4 is 0 Å². The van der Waals surface area contributed by atoms with E-state index in [1.165, 1.54) is 53.6 Å². The third-order valence-corrected chi connectivity index (χ3v) is 6.27. The van der Waals surface area contributed by atoms with Crippen LogP contribution in [0.15, 0.2) is 104 Å². The predicted molar refractivity (Wildman–Crippen MR) is 121 cm³/mol. The van der Waals surface area contributed by atoms with Crippen LogP contribution in [0.25, 0.3) is 27.9 Å². The van der Waals surface area contributed by atoms with Gasteiger partial charge in [0.15, 0.2) is 31.3 Å². The highest BCUT2D eigenvalue weighted by Crippen LogP contribution is 2.25. The molecule has 1 saturated carbocycles. The van der Waals surface area contributed by atoms with E-state index in [4.69, 9.17) is 0 Å². The molecule has 0 unspecified atom stereocenters. The molecule has 1 aliphatic rings. The Morgan fingerprint density at radius 1 is 0.567 bits per heavy atom. The van der Waals surface area contributed by atoms with Gasteiger partial charge in [-0.25, -0.2) is 4.57 Å². The number of hydrogen-bond acceptors (Lipinski definition) is 0. The summed E-state index contributed by atoms with van der Waals surface area (Å²) in [6.07, 6.45) is 14.3. The van der Waals surface area contributed by atoms with E-state index in [9.17, 15) is 0 Å². The molecule has 0 aliphatic heterocycles. The quantitative estimate of drug-likeness (QED) is 0.381. The number of pyridine rings is 2. The van der Waals surface area contributed by atoms with Gasteiger partial charge in [-0.1, -0.05) is 43.2 Å². The molecule has 2 nitrogen and oxygen atoms in total. The molecule has 0 atom stereocenters. The Morgan fingerprint density at radius 2 is 1.10 bits per heavy atom. The number of hydrogen-bond donors (Lipinski definition) is 0. The van der Waals surface area contributed by atoms with Crippen molar-refractivity contribution in [2.45, 2.75) is 32.2 Å². The summed E-state index contributed by atoms with van der Waals surface area (Å²) in [5.41, 5.74) is 6.18. The van der Waals surface area contributed by atoms with E-state index in [1.807, 2.05) is 0 Å². The Kier molecular flexibility index (Phi) is 5.39. The molecule has 148 valence electrons. The molecule has 1 fully saturated rings. The van der Waals surface area contributed by atoms with Gasteiger partial charge in [0.05, 0.1) is 0 Å². The molecule has 0 saturated heterocycles. The molecular formula is C28H28N2+2. The van der Waals surface area contributed by atoms with Gasteiger partial charge in [0.1, 0.15) is 0 Å². The number of benzene rings is 2. The molecule has 2 heteroatoms. The van der Waals surface area contributed by atoms with E-state index in [-0.39, 0.29) is 0 Å². The first-order valence-electron chi connectivity index (χ1n) is 11.0. The average molecular weight is 393 g/mol. The normalized spacial score (nSPS) is 14.1. The SMILES string of the molecule is c1ccc(-c2ccc(-[n+]3ccc(-c4cc[n+](CC5CCCC5)cc4)cc3)cc2)cc1. The summed E-state index contributed by atoms with van der Waals surface area (Å²) < 4.78 is 4.51. The van der Waals surface area contributed by atoms with Crippen LogP contribution < -0.4 is 9.13 Å².